The molecular formula is C23H17O2P. The van der Waals surface area contributed by atoms with E-state index in [1.54, 1.807) is 0 Å². The summed E-state index contributed by atoms with van der Waals surface area (Å²) in [5.74, 6) is -0.879. The van der Waals surface area contributed by atoms with Crippen LogP contribution in [0.3, 0.4) is 0 Å². The maximum absolute atomic E-state index is 12.2. The number of carbonyl (C=O) groups is 1. The molecule has 0 heterocycles. The van der Waals surface area contributed by atoms with Crippen molar-refractivity contribution < 1.29 is 9.90 Å². The minimum Gasteiger partial charge on any atom is -0.478 e. The van der Waals surface area contributed by atoms with E-state index in [1.165, 1.54) is 0 Å². The highest BCUT2D eigenvalue weighted by molar-refractivity contribution is 7.80. The normalized spacial score (nSPS) is 11.0. The summed E-state index contributed by atoms with van der Waals surface area (Å²) < 4.78 is 0. The van der Waals surface area contributed by atoms with Gasteiger partial charge in [-0.25, -0.2) is 4.79 Å². The SMILES string of the molecule is O=C(O)c1c(P(c2ccccc2)c2ccccc2)ccc2ccccc12. The molecule has 0 saturated heterocycles. The third-order valence-corrected chi connectivity index (χ3v) is 6.87. The average Bonchev–Trinajstić information content (AvgIpc) is 2.69. The van der Waals surface area contributed by atoms with Crippen LogP contribution in [0.2, 0.25) is 0 Å². The summed E-state index contributed by atoms with van der Waals surface area (Å²) in [6.07, 6.45) is 0. The van der Waals surface area contributed by atoms with Gasteiger partial charge in [0.2, 0.25) is 0 Å². The molecule has 2 nitrogen and oxygen atoms in total. The molecule has 0 amide bonds. The van der Waals surface area contributed by atoms with Crippen molar-refractivity contribution in [3.05, 3.63) is 103 Å². The monoisotopic (exact) mass is 356 g/mol. The van der Waals surface area contributed by atoms with Crippen LogP contribution in [0, 0.1) is 0 Å². The molecule has 4 rings (SSSR count). The zero-order valence-corrected chi connectivity index (χ0v) is 14.9. The molecule has 3 heteroatoms. The molecule has 0 unspecified atom stereocenters. The lowest BCUT2D eigenvalue weighted by Gasteiger charge is -2.22. The van der Waals surface area contributed by atoms with Gasteiger partial charge in [0, 0.05) is 5.30 Å². The number of hydrogen-bond acceptors (Lipinski definition) is 1. The fourth-order valence-corrected chi connectivity index (χ4v) is 5.71. The van der Waals surface area contributed by atoms with Crippen LogP contribution in [0.5, 0.6) is 0 Å². The second kappa shape index (κ2) is 7.11. The highest BCUT2D eigenvalue weighted by Crippen LogP contribution is 2.36. The molecule has 0 aliphatic heterocycles. The summed E-state index contributed by atoms with van der Waals surface area (Å²) in [6, 6.07) is 32.0. The van der Waals surface area contributed by atoms with Gasteiger partial charge >= 0.3 is 5.97 Å². The molecule has 126 valence electrons. The molecule has 0 aliphatic rings. The van der Waals surface area contributed by atoms with Crippen molar-refractivity contribution in [2.45, 2.75) is 0 Å². The Morgan fingerprint density at radius 1 is 0.654 bits per heavy atom. The van der Waals surface area contributed by atoms with Gasteiger partial charge in [0.1, 0.15) is 0 Å². The third kappa shape index (κ3) is 3.00. The summed E-state index contributed by atoms with van der Waals surface area (Å²) in [7, 11) is -0.953. The maximum atomic E-state index is 12.2. The van der Waals surface area contributed by atoms with E-state index in [0.717, 1.165) is 26.7 Å². The molecule has 26 heavy (non-hydrogen) atoms. The van der Waals surface area contributed by atoms with Crippen molar-refractivity contribution >= 4 is 40.6 Å². The van der Waals surface area contributed by atoms with E-state index in [2.05, 4.69) is 24.3 Å². The fraction of sp³-hybridized carbons (Fsp3) is 0. The van der Waals surface area contributed by atoms with Crippen LogP contribution in [0.25, 0.3) is 10.8 Å². The first-order valence-electron chi connectivity index (χ1n) is 8.41. The predicted molar refractivity (Wildman–Crippen MR) is 110 cm³/mol. The molecule has 0 saturated carbocycles. The van der Waals surface area contributed by atoms with Crippen molar-refractivity contribution in [1.29, 1.82) is 0 Å². The zero-order chi connectivity index (χ0) is 17.9. The highest BCUT2D eigenvalue weighted by Gasteiger charge is 2.24. The number of hydrogen-bond donors (Lipinski definition) is 1. The van der Waals surface area contributed by atoms with Crippen molar-refractivity contribution in [2.24, 2.45) is 0 Å². The van der Waals surface area contributed by atoms with Crippen LogP contribution in [-0.4, -0.2) is 11.1 Å². The third-order valence-electron chi connectivity index (χ3n) is 4.39. The van der Waals surface area contributed by atoms with Gasteiger partial charge in [-0.15, -0.1) is 0 Å². The summed E-state index contributed by atoms with van der Waals surface area (Å²) in [4.78, 5) is 12.2. The second-order valence-corrected chi connectivity index (χ2v) is 8.18. The number of carboxylic acid groups (broad SMARTS) is 1. The molecule has 0 atom stereocenters. The lowest BCUT2D eigenvalue weighted by Crippen LogP contribution is -2.25. The van der Waals surface area contributed by atoms with E-state index < -0.39 is 13.9 Å². The van der Waals surface area contributed by atoms with E-state index >= 15 is 0 Å². The van der Waals surface area contributed by atoms with Crippen molar-refractivity contribution in [3.63, 3.8) is 0 Å². The first-order valence-corrected chi connectivity index (χ1v) is 9.75. The molecule has 0 aromatic heterocycles. The van der Waals surface area contributed by atoms with E-state index in [0.29, 0.717) is 5.56 Å². The quantitative estimate of drug-likeness (QED) is 0.554. The Kier molecular flexibility index (Phi) is 4.51. The van der Waals surface area contributed by atoms with E-state index in [4.69, 9.17) is 0 Å². The average molecular weight is 356 g/mol. The summed E-state index contributed by atoms with van der Waals surface area (Å²) in [5.41, 5.74) is 0.405. The minimum absolute atomic E-state index is 0.405. The molecule has 0 spiro atoms. The van der Waals surface area contributed by atoms with Gasteiger partial charge in [-0.1, -0.05) is 97.1 Å². The van der Waals surface area contributed by atoms with E-state index in [-0.39, 0.29) is 0 Å². The summed E-state index contributed by atoms with van der Waals surface area (Å²) >= 11 is 0. The first-order chi connectivity index (χ1) is 12.8. The number of fused-ring (bicyclic) bond motifs is 1. The summed E-state index contributed by atoms with van der Waals surface area (Å²) in [5, 5.41) is 14.9. The molecule has 1 N–H and O–H groups in total. The van der Waals surface area contributed by atoms with Crippen LogP contribution in [0.4, 0.5) is 0 Å². The zero-order valence-electron chi connectivity index (χ0n) is 14.0. The van der Waals surface area contributed by atoms with Crippen LogP contribution in [0.15, 0.2) is 97.1 Å². The molecule has 4 aromatic rings. The second-order valence-electron chi connectivity index (χ2n) is 5.99. The minimum atomic E-state index is -0.953. The molecule has 0 radical (unpaired) electrons. The highest BCUT2D eigenvalue weighted by atomic mass is 31.1. The number of aromatic carboxylic acids is 1. The van der Waals surface area contributed by atoms with Crippen LogP contribution in [-0.2, 0) is 0 Å². The summed E-state index contributed by atoms with van der Waals surface area (Å²) in [6.45, 7) is 0. The van der Waals surface area contributed by atoms with Crippen molar-refractivity contribution in [1.82, 2.24) is 0 Å². The predicted octanol–water partition coefficient (Wildman–Crippen LogP) is 4.30. The van der Waals surface area contributed by atoms with Gasteiger partial charge in [-0.05, 0) is 29.3 Å². The molecular weight excluding hydrogens is 339 g/mol. The Morgan fingerprint density at radius 2 is 1.19 bits per heavy atom. The number of carboxylic acids is 1. The Labute approximate surface area is 153 Å². The standard InChI is InChI=1S/C23H17O2P/c24-23(25)22-20-14-8-7-9-17(20)15-16-21(22)26(18-10-3-1-4-11-18)19-12-5-2-6-13-19/h1-16H,(H,24,25). The fourth-order valence-electron chi connectivity index (χ4n) is 3.25. The number of benzene rings is 4. The van der Waals surface area contributed by atoms with Crippen molar-refractivity contribution in [3.8, 4) is 0 Å². The lowest BCUT2D eigenvalue weighted by atomic mass is 10.0. The van der Waals surface area contributed by atoms with Crippen LogP contribution >= 0.6 is 7.92 Å². The molecule has 0 bridgehead atoms. The molecule has 4 aromatic carbocycles. The van der Waals surface area contributed by atoms with Crippen LogP contribution in [0.1, 0.15) is 10.4 Å². The van der Waals surface area contributed by atoms with Crippen LogP contribution < -0.4 is 15.9 Å². The van der Waals surface area contributed by atoms with Gasteiger partial charge in [0.25, 0.3) is 0 Å². The number of rotatable bonds is 4. The largest absolute Gasteiger partial charge is 0.478 e. The Hall–Kier alpha value is -2.96. The van der Waals surface area contributed by atoms with Gasteiger partial charge in [0.05, 0.1) is 5.56 Å². The van der Waals surface area contributed by atoms with E-state index in [9.17, 15) is 9.90 Å². The molecule has 0 aliphatic carbocycles. The van der Waals surface area contributed by atoms with Crippen molar-refractivity contribution in [2.75, 3.05) is 0 Å². The topological polar surface area (TPSA) is 37.3 Å². The Morgan fingerprint density at radius 3 is 1.77 bits per heavy atom. The van der Waals surface area contributed by atoms with E-state index in [1.807, 2.05) is 72.8 Å². The Balaban J connectivity index is 2.03. The van der Waals surface area contributed by atoms with Gasteiger partial charge in [0.15, 0.2) is 0 Å². The van der Waals surface area contributed by atoms with Gasteiger partial charge in [-0.2, -0.15) is 0 Å². The Bertz CT molecular complexity index is 1020. The smallest absolute Gasteiger partial charge is 0.336 e. The lowest BCUT2D eigenvalue weighted by molar-refractivity contribution is 0.0700. The van der Waals surface area contributed by atoms with Gasteiger partial charge < -0.3 is 5.11 Å². The maximum Gasteiger partial charge on any atom is 0.336 e. The molecule has 0 fully saturated rings. The first kappa shape index (κ1) is 16.5. The van der Waals surface area contributed by atoms with Gasteiger partial charge in [-0.3, -0.25) is 0 Å².